The Hall–Kier alpha value is -2.50. The minimum atomic E-state index is -0.923. The van der Waals surface area contributed by atoms with Crippen molar-refractivity contribution in [3.63, 3.8) is 0 Å². The highest BCUT2D eigenvalue weighted by Gasteiger charge is 2.18. The van der Waals surface area contributed by atoms with Gasteiger partial charge in [-0.25, -0.2) is 4.79 Å². The SMILES string of the molecule is CCCCCCCCCCOc1c(O)c(=O)oc2c(OC(C)=O)cccc12. The van der Waals surface area contributed by atoms with Crippen LogP contribution in [0, 0.1) is 0 Å². The van der Waals surface area contributed by atoms with Crippen LogP contribution in [-0.2, 0) is 4.79 Å². The molecule has 2 aromatic rings. The van der Waals surface area contributed by atoms with Gasteiger partial charge in [-0.1, -0.05) is 57.9 Å². The predicted octanol–water partition coefficient (Wildman–Crippen LogP) is 4.94. The van der Waals surface area contributed by atoms with E-state index in [4.69, 9.17) is 13.9 Å². The van der Waals surface area contributed by atoms with Crippen LogP contribution in [0.1, 0.15) is 65.2 Å². The summed E-state index contributed by atoms with van der Waals surface area (Å²) in [6, 6.07) is 4.81. The molecule has 6 heteroatoms. The zero-order valence-corrected chi connectivity index (χ0v) is 16.1. The lowest BCUT2D eigenvalue weighted by Crippen LogP contribution is -2.07. The van der Waals surface area contributed by atoms with E-state index in [-0.39, 0.29) is 17.1 Å². The van der Waals surface area contributed by atoms with Crippen molar-refractivity contribution >= 4 is 16.9 Å². The highest BCUT2D eigenvalue weighted by molar-refractivity contribution is 5.91. The van der Waals surface area contributed by atoms with E-state index in [1.807, 2.05) is 0 Å². The molecule has 148 valence electrons. The molecule has 6 nitrogen and oxygen atoms in total. The summed E-state index contributed by atoms with van der Waals surface area (Å²) in [7, 11) is 0. The molecule has 0 saturated carbocycles. The summed E-state index contributed by atoms with van der Waals surface area (Å²) < 4.78 is 15.8. The van der Waals surface area contributed by atoms with Gasteiger partial charge in [0.1, 0.15) is 0 Å². The van der Waals surface area contributed by atoms with Crippen LogP contribution in [0.15, 0.2) is 27.4 Å². The summed E-state index contributed by atoms with van der Waals surface area (Å²) in [5, 5.41) is 10.4. The van der Waals surface area contributed by atoms with Gasteiger partial charge < -0.3 is 19.0 Å². The first-order chi connectivity index (χ1) is 13.0. The molecule has 0 unspecified atom stereocenters. The molecule has 0 spiro atoms. The quantitative estimate of drug-likeness (QED) is 0.259. The topological polar surface area (TPSA) is 86.0 Å². The molecule has 27 heavy (non-hydrogen) atoms. The summed E-state index contributed by atoms with van der Waals surface area (Å²) in [5.74, 6) is -0.908. The third-order valence-corrected chi connectivity index (χ3v) is 4.32. The van der Waals surface area contributed by atoms with Crippen molar-refractivity contribution in [1.29, 1.82) is 0 Å². The minimum Gasteiger partial charge on any atom is -0.499 e. The number of fused-ring (bicyclic) bond motifs is 1. The first kappa shape index (κ1) is 20.8. The monoisotopic (exact) mass is 376 g/mol. The Labute approximate surface area is 159 Å². The van der Waals surface area contributed by atoms with Crippen LogP contribution in [0.25, 0.3) is 11.0 Å². The van der Waals surface area contributed by atoms with E-state index < -0.39 is 17.3 Å². The Morgan fingerprint density at radius 2 is 1.74 bits per heavy atom. The molecule has 0 saturated heterocycles. The lowest BCUT2D eigenvalue weighted by atomic mass is 10.1. The van der Waals surface area contributed by atoms with Crippen LogP contribution in [-0.4, -0.2) is 17.7 Å². The highest BCUT2D eigenvalue weighted by atomic mass is 16.5. The maximum Gasteiger partial charge on any atom is 0.382 e. The van der Waals surface area contributed by atoms with Gasteiger partial charge >= 0.3 is 11.6 Å². The summed E-state index contributed by atoms with van der Waals surface area (Å²) >= 11 is 0. The Morgan fingerprint density at radius 1 is 1.07 bits per heavy atom. The van der Waals surface area contributed by atoms with E-state index in [0.717, 1.165) is 19.3 Å². The number of unbranched alkanes of at least 4 members (excludes halogenated alkanes) is 7. The average molecular weight is 376 g/mol. The number of hydrogen-bond acceptors (Lipinski definition) is 6. The van der Waals surface area contributed by atoms with Crippen LogP contribution in [0.2, 0.25) is 0 Å². The van der Waals surface area contributed by atoms with Gasteiger partial charge in [-0.3, -0.25) is 4.79 Å². The molecule has 1 aromatic heterocycles. The summed E-state index contributed by atoms with van der Waals surface area (Å²) in [6.45, 7) is 3.85. The van der Waals surface area contributed by atoms with Gasteiger partial charge in [0, 0.05) is 6.92 Å². The predicted molar refractivity (Wildman–Crippen MR) is 104 cm³/mol. The van der Waals surface area contributed by atoms with E-state index in [2.05, 4.69) is 6.92 Å². The standard InChI is InChI=1S/C21H28O6/c1-3-4-5-6-7-8-9-10-14-25-20-16-12-11-13-17(26-15(2)22)19(16)27-21(24)18(20)23/h11-13,23H,3-10,14H2,1-2H3. The third kappa shape index (κ3) is 6.01. The number of rotatable bonds is 11. The van der Waals surface area contributed by atoms with Crippen molar-refractivity contribution in [2.24, 2.45) is 0 Å². The van der Waals surface area contributed by atoms with Gasteiger partial charge in [0.05, 0.1) is 12.0 Å². The molecule has 0 fully saturated rings. The van der Waals surface area contributed by atoms with Gasteiger partial charge in [0.2, 0.25) is 5.75 Å². The molecular formula is C21H28O6. The first-order valence-electron chi connectivity index (χ1n) is 9.64. The molecule has 1 N–H and O–H groups in total. The van der Waals surface area contributed by atoms with Crippen molar-refractivity contribution < 1.29 is 23.8 Å². The normalized spacial score (nSPS) is 10.9. The fraction of sp³-hybridized carbons (Fsp3) is 0.524. The lowest BCUT2D eigenvalue weighted by Gasteiger charge is -2.11. The number of carbonyl (C=O) groups excluding carboxylic acids is 1. The molecule has 1 aromatic carbocycles. The zero-order chi connectivity index (χ0) is 19.6. The van der Waals surface area contributed by atoms with Crippen molar-refractivity contribution in [3.8, 4) is 17.2 Å². The number of esters is 1. The molecule has 0 aliphatic carbocycles. The number of para-hydroxylation sites is 1. The second-order valence-corrected chi connectivity index (χ2v) is 6.62. The third-order valence-electron chi connectivity index (χ3n) is 4.32. The van der Waals surface area contributed by atoms with E-state index >= 15 is 0 Å². The second kappa shape index (κ2) is 10.6. The van der Waals surface area contributed by atoms with Crippen LogP contribution in [0.5, 0.6) is 17.2 Å². The fourth-order valence-electron chi connectivity index (χ4n) is 2.95. The number of carbonyl (C=O) groups is 1. The Bertz CT molecular complexity index is 808. The summed E-state index contributed by atoms with van der Waals surface area (Å²) in [5.41, 5.74) is -0.838. The molecule has 1 heterocycles. The second-order valence-electron chi connectivity index (χ2n) is 6.62. The van der Waals surface area contributed by atoms with Crippen LogP contribution < -0.4 is 15.1 Å². The van der Waals surface area contributed by atoms with Crippen molar-refractivity contribution in [2.45, 2.75) is 65.2 Å². The lowest BCUT2D eigenvalue weighted by molar-refractivity contribution is -0.131. The smallest absolute Gasteiger partial charge is 0.382 e. The van der Waals surface area contributed by atoms with Gasteiger partial charge in [-0.15, -0.1) is 0 Å². The molecule has 0 aliphatic rings. The molecule has 0 atom stereocenters. The Balaban J connectivity index is 2.00. The molecule has 0 aliphatic heterocycles. The number of hydrogen-bond donors (Lipinski definition) is 1. The summed E-state index contributed by atoms with van der Waals surface area (Å²) in [4.78, 5) is 23.1. The van der Waals surface area contributed by atoms with Crippen molar-refractivity contribution in [1.82, 2.24) is 0 Å². The van der Waals surface area contributed by atoms with E-state index in [1.54, 1.807) is 12.1 Å². The number of aromatic hydroxyl groups is 1. The van der Waals surface area contributed by atoms with E-state index in [9.17, 15) is 14.7 Å². The fourth-order valence-corrected chi connectivity index (χ4v) is 2.95. The maximum absolute atomic E-state index is 11.9. The van der Waals surface area contributed by atoms with E-state index in [0.29, 0.717) is 12.0 Å². The average Bonchev–Trinajstić information content (AvgIpc) is 2.63. The van der Waals surface area contributed by atoms with Crippen molar-refractivity contribution in [2.75, 3.05) is 6.61 Å². The first-order valence-corrected chi connectivity index (χ1v) is 9.64. The molecule has 0 amide bonds. The molecule has 2 rings (SSSR count). The maximum atomic E-state index is 11.9. The molecular weight excluding hydrogens is 348 g/mol. The zero-order valence-electron chi connectivity index (χ0n) is 16.1. The van der Waals surface area contributed by atoms with Gasteiger partial charge in [-0.05, 0) is 18.6 Å². The highest BCUT2D eigenvalue weighted by Crippen LogP contribution is 2.36. The van der Waals surface area contributed by atoms with E-state index in [1.165, 1.54) is 45.1 Å². The van der Waals surface area contributed by atoms with Crippen molar-refractivity contribution in [3.05, 3.63) is 28.6 Å². The number of benzene rings is 1. The molecule has 0 radical (unpaired) electrons. The van der Waals surface area contributed by atoms with Gasteiger partial charge in [0.25, 0.3) is 0 Å². The Morgan fingerprint density at radius 3 is 2.41 bits per heavy atom. The van der Waals surface area contributed by atoms with Crippen LogP contribution >= 0.6 is 0 Å². The van der Waals surface area contributed by atoms with Gasteiger partial charge in [0.15, 0.2) is 17.1 Å². The van der Waals surface area contributed by atoms with Gasteiger partial charge in [-0.2, -0.15) is 0 Å². The van der Waals surface area contributed by atoms with Crippen LogP contribution in [0.3, 0.4) is 0 Å². The molecule has 0 bridgehead atoms. The largest absolute Gasteiger partial charge is 0.499 e. The summed E-state index contributed by atoms with van der Waals surface area (Å²) in [6.07, 6.45) is 9.32. The number of ether oxygens (including phenoxy) is 2. The van der Waals surface area contributed by atoms with Crippen LogP contribution in [0.4, 0.5) is 0 Å². The Kier molecular flexibility index (Phi) is 8.17. The minimum absolute atomic E-state index is 0.0678.